The Bertz CT molecular complexity index is 1520. The number of amides is 2. The highest BCUT2D eigenvalue weighted by molar-refractivity contribution is 6.35. The fourth-order valence-electron chi connectivity index (χ4n) is 4.21. The van der Waals surface area contributed by atoms with Crippen LogP contribution >= 0.6 is 0 Å². The third-order valence-electron chi connectivity index (χ3n) is 6.30. The number of halogens is 3. The van der Waals surface area contributed by atoms with Crippen LogP contribution in [0, 0.1) is 0 Å². The number of ether oxygens (including phenoxy) is 2. The maximum Gasteiger partial charge on any atom is 0.491 e. The van der Waals surface area contributed by atoms with E-state index in [0.717, 1.165) is 25.9 Å². The summed E-state index contributed by atoms with van der Waals surface area (Å²) in [5.74, 6) is -6.43. The number of aromatic nitrogens is 1. The first-order chi connectivity index (χ1) is 19.9. The van der Waals surface area contributed by atoms with Gasteiger partial charge in [-0.3, -0.25) is 14.4 Å². The molecule has 42 heavy (non-hydrogen) atoms. The van der Waals surface area contributed by atoms with Gasteiger partial charge in [0.05, 0.1) is 0 Å². The minimum absolute atomic E-state index is 0.0780. The molecule has 2 heterocycles. The molecule has 1 saturated heterocycles. The number of likely N-dealkylation sites (tertiary alicyclic amines) is 1. The summed E-state index contributed by atoms with van der Waals surface area (Å²) in [6.45, 7) is 1.27. The van der Waals surface area contributed by atoms with E-state index in [4.69, 9.17) is 10.5 Å². The first kappa shape index (κ1) is 30.1. The topological polar surface area (TPSA) is 158 Å². The van der Waals surface area contributed by atoms with Gasteiger partial charge in [-0.05, 0) is 60.2 Å². The van der Waals surface area contributed by atoms with Crippen LogP contribution in [0.2, 0.25) is 0 Å². The van der Waals surface area contributed by atoms with Gasteiger partial charge >= 0.3 is 18.1 Å². The van der Waals surface area contributed by atoms with Gasteiger partial charge in [0.1, 0.15) is 12.8 Å². The largest absolute Gasteiger partial charge is 0.491 e. The summed E-state index contributed by atoms with van der Waals surface area (Å²) in [6.07, 6.45) is -3.60. The lowest BCUT2D eigenvalue weighted by Crippen LogP contribution is -2.45. The zero-order valence-electron chi connectivity index (χ0n) is 22.0. The molecule has 3 aromatic rings. The zero-order chi connectivity index (χ0) is 30.4. The number of carbonyl (C=O) groups is 5. The molecular weight excluding hydrogens is 561 g/mol. The second kappa shape index (κ2) is 12.8. The molecule has 11 nitrogen and oxygen atoms in total. The number of nitrogens with zero attached hydrogens (tertiary/aromatic N) is 2. The second-order valence-corrected chi connectivity index (χ2v) is 9.41. The molecule has 0 saturated carbocycles. The monoisotopic (exact) mass is 586 g/mol. The predicted octanol–water partition coefficient (Wildman–Crippen LogP) is 2.31. The Morgan fingerprint density at radius 2 is 1.64 bits per heavy atom. The number of benzene rings is 2. The molecule has 1 unspecified atom stereocenters. The van der Waals surface area contributed by atoms with Crippen molar-refractivity contribution < 1.29 is 46.6 Å². The van der Waals surface area contributed by atoms with Gasteiger partial charge in [-0.15, -0.1) is 0 Å². The van der Waals surface area contributed by atoms with Crippen LogP contribution in [0.25, 0.3) is 10.8 Å². The van der Waals surface area contributed by atoms with Crippen LogP contribution in [0.4, 0.5) is 13.2 Å². The Kier molecular flexibility index (Phi) is 9.15. The lowest BCUT2D eigenvalue weighted by atomic mass is 10.0. The van der Waals surface area contributed by atoms with Crippen molar-refractivity contribution in [1.29, 1.82) is 0 Å². The SMILES string of the molecule is NC(COc1nccc2cc(CC(=O)C(=O)OC(=O)C(F)(F)F)ccc12)NC(=O)c1ccc(C(=O)N2CCCC2)cc1. The maximum absolute atomic E-state index is 12.6. The molecule has 0 radical (unpaired) electrons. The van der Waals surface area contributed by atoms with E-state index in [1.807, 2.05) is 0 Å². The van der Waals surface area contributed by atoms with Crippen LogP contribution < -0.4 is 15.8 Å². The quantitative estimate of drug-likeness (QED) is 0.166. The van der Waals surface area contributed by atoms with Crippen LogP contribution in [0.1, 0.15) is 39.1 Å². The number of hydrogen-bond donors (Lipinski definition) is 2. The Morgan fingerprint density at radius 3 is 2.31 bits per heavy atom. The van der Waals surface area contributed by atoms with Gasteiger partial charge in [0.15, 0.2) is 0 Å². The van der Waals surface area contributed by atoms with E-state index in [2.05, 4.69) is 15.0 Å². The number of alkyl halides is 3. The summed E-state index contributed by atoms with van der Waals surface area (Å²) in [6, 6.07) is 12.2. The number of nitrogens with one attached hydrogen (secondary N) is 1. The predicted molar refractivity (Wildman–Crippen MR) is 140 cm³/mol. The number of ketones is 1. The summed E-state index contributed by atoms with van der Waals surface area (Å²) in [4.78, 5) is 65.3. The van der Waals surface area contributed by atoms with Crippen molar-refractivity contribution in [3.63, 3.8) is 0 Å². The first-order valence-corrected chi connectivity index (χ1v) is 12.7. The average molecular weight is 587 g/mol. The molecule has 4 rings (SSSR count). The van der Waals surface area contributed by atoms with Crippen LogP contribution in [0.15, 0.2) is 54.7 Å². The lowest BCUT2D eigenvalue weighted by molar-refractivity contribution is -0.202. The Hall–Kier alpha value is -4.85. The van der Waals surface area contributed by atoms with Crippen molar-refractivity contribution in [3.8, 4) is 5.88 Å². The lowest BCUT2D eigenvalue weighted by Gasteiger charge is -2.17. The van der Waals surface area contributed by atoms with E-state index in [1.165, 1.54) is 36.5 Å². The molecule has 1 aliphatic rings. The molecule has 2 aromatic carbocycles. The normalized spacial score (nSPS) is 13.9. The van der Waals surface area contributed by atoms with Crippen molar-refractivity contribution >= 4 is 40.3 Å². The Labute approximate surface area is 236 Å². The van der Waals surface area contributed by atoms with Crippen molar-refractivity contribution in [2.24, 2.45) is 5.73 Å². The number of fused-ring (bicyclic) bond motifs is 1. The molecular formula is C28H25F3N4O7. The molecule has 0 bridgehead atoms. The highest BCUT2D eigenvalue weighted by Crippen LogP contribution is 2.25. The maximum atomic E-state index is 12.6. The molecule has 0 spiro atoms. The molecule has 3 N–H and O–H groups in total. The smallest absolute Gasteiger partial charge is 0.474 e. The third kappa shape index (κ3) is 7.46. The number of nitrogens with two attached hydrogens (primary N) is 1. The van der Waals surface area contributed by atoms with Gasteiger partial charge in [-0.25, -0.2) is 14.6 Å². The second-order valence-electron chi connectivity index (χ2n) is 9.41. The number of pyridine rings is 1. The van der Waals surface area contributed by atoms with Gasteiger partial charge in [0.25, 0.3) is 11.8 Å². The Morgan fingerprint density at radius 1 is 0.976 bits per heavy atom. The highest BCUT2D eigenvalue weighted by Gasteiger charge is 2.43. The van der Waals surface area contributed by atoms with Crippen molar-refractivity contribution in [2.45, 2.75) is 31.6 Å². The average Bonchev–Trinajstić information content (AvgIpc) is 3.50. The van der Waals surface area contributed by atoms with E-state index in [0.29, 0.717) is 21.9 Å². The van der Waals surface area contributed by atoms with E-state index in [-0.39, 0.29) is 24.0 Å². The minimum Gasteiger partial charge on any atom is -0.474 e. The number of esters is 2. The molecule has 2 amide bonds. The van der Waals surface area contributed by atoms with Crippen molar-refractivity contribution in [3.05, 3.63) is 71.4 Å². The molecule has 0 aliphatic carbocycles. The summed E-state index contributed by atoms with van der Waals surface area (Å²) in [7, 11) is 0. The third-order valence-corrected chi connectivity index (χ3v) is 6.30. The van der Waals surface area contributed by atoms with Gasteiger partial charge in [-0.2, -0.15) is 13.2 Å². The van der Waals surface area contributed by atoms with Gasteiger partial charge in [-0.1, -0.05) is 12.1 Å². The van der Waals surface area contributed by atoms with Crippen molar-refractivity contribution in [2.75, 3.05) is 19.7 Å². The van der Waals surface area contributed by atoms with Crippen LogP contribution in [-0.4, -0.2) is 71.5 Å². The molecule has 14 heteroatoms. The van der Waals surface area contributed by atoms with Crippen LogP contribution in [0.5, 0.6) is 5.88 Å². The summed E-state index contributed by atoms with van der Waals surface area (Å²) in [5.41, 5.74) is 7.07. The fourth-order valence-corrected chi connectivity index (χ4v) is 4.21. The van der Waals surface area contributed by atoms with Gasteiger partial charge in [0, 0.05) is 42.2 Å². The zero-order valence-corrected chi connectivity index (χ0v) is 22.0. The van der Waals surface area contributed by atoms with E-state index in [1.54, 1.807) is 23.1 Å². The van der Waals surface area contributed by atoms with Crippen LogP contribution in [0.3, 0.4) is 0 Å². The highest BCUT2D eigenvalue weighted by atomic mass is 19.4. The van der Waals surface area contributed by atoms with E-state index < -0.39 is 42.4 Å². The van der Waals surface area contributed by atoms with Crippen LogP contribution in [-0.2, 0) is 25.5 Å². The first-order valence-electron chi connectivity index (χ1n) is 12.7. The van der Waals surface area contributed by atoms with E-state index in [9.17, 15) is 37.1 Å². The molecule has 1 fully saturated rings. The van der Waals surface area contributed by atoms with Gasteiger partial charge in [0.2, 0.25) is 11.7 Å². The molecule has 1 aliphatic heterocycles. The number of hydrogen-bond acceptors (Lipinski definition) is 9. The molecule has 1 aromatic heterocycles. The molecule has 1 atom stereocenters. The standard InChI is InChI=1S/C28H25F3N4O7/c29-28(30,31)27(40)42-26(39)21(36)14-16-3-8-20-19(13-16)9-10-33-24(20)41-15-22(32)34-23(37)17-4-6-18(7-5-17)25(38)35-11-1-2-12-35/h3-10,13,22H,1-2,11-12,14-15,32H2,(H,34,37). The number of carbonyl (C=O) groups excluding carboxylic acids is 5. The fraction of sp³-hybridized carbons (Fsp3) is 0.286. The van der Waals surface area contributed by atoms with Gasteiger partial charge < -0.3 is 25.4 Å². The molecule has 220 valence electrons. The summed E-state index contributed by atoms with van der Waals surface area (Å²) < 4.78 is 46.0. The number of Topliss-reactive ketones (excluding diaryl/α,β-unsaturated/α-hetero) is 1. The van der Waals surface area contributed by atoms with E-state index >= 15 is 0 Å². The summed E-state index contributed by atoms with van der Waals surface area (Å²) in [5, 5.41) is 3.60. The van der Waals surface area contributed by atoms with Crippen molar-refractivity contribution in [1.82, 2.24) is 15.2 Å². The number of rotatable bonds is 9. The Balaban J connectivity index is 1.32. The minimum atomic E-state index is -5.41. The summed E-state index contributed by atoms with van der Waals surface area (Å²) >= 11 is 0.